The third-order valence-electron chi connectivity index (χ3n) is 6.92. The zero-order valence-electron chi connectivity index (χ0n) is 16.2. The molecule has 28 heavy (non-hydrogen) atoms. The zero-order valence-corrected chi connectivity index (χ0v) is 16.2. The minimum atomic E-state index is -0.736. The van der Waals surface area contributed by atoms with Gasteiger partial charge in [0.25, 0.3) is 0 Å². The molecule has 0 spiro atoms. The molecule has 1 aromatic carbocycles. The molecule has 1 N–H and O–H groups in total. The van der Waals surface area contributed by atoms with E-state index in [1.807, 2.05) is 4.90 Å². The summed E-state index contributed by atoms with van der Waals surface area (Å²) < 4.78 is 13.3. The lowest BCUT2D eigenvalue weighted by Crippen LogP contribution is -2.47. The number of carboxylic acids is 1. The Labute approximate surface area is 165 Å². The van der Waals surface area contributed by atoms with E-state index in [1.54, 1.807) is 12.1 Å². The fourth-order valence-electron chi connectivity index (χ4n) is 5.46. The Bertz CT molecular complexity index is 717. The SMILES string of the molecule is O=C(O)C1CC2CCC1N2CC(=O)N(Cc1ccc(F)cc1)C1CCCCC1. The van der Waals surface area contributed by atoms with Gasteiger partial charge in [0.1, 0.15) is 5.82 Å². The van der Waals surface area contributed by atoms with Gasteiger partial charge in [-0.2, -0.15) is 0 Å². The molecular formula is C22H29FN2O3. The molecule has 6 heteroatoms. The number of carboxylic acid groups (broad SMARTS) is 1. The highest BCUT2D eigenvalue weighted by atomic mass is 19.1. The molecule has 4 rings (SSSR count). The molecular weight excluding hydrogens is 359 g/mol. The Morgan fingerprint density at radius 1 is 1.07 bits per heavy atom. The molecule has 2 aliphatic heterocycles. The van der Waals surface area contributed by atoms with Crippen molar-refractivity contribution in [3.05, 3.63) is 35.6 Å². The van der Waals surface area contributed by atoms with Crippen molar-refractivity contribution >= 4 is 11.9 Å². The number of carbonyl (C=O) groups is 2. The van der Waals surface area contributed by atoms with Crippen LogP contribution in [0.4, 0.5) is 4.39 Å². The van der Waals surface area contributed by atoms with Crippen molar-refractivity contribution < 1.29 is 19.1 Å². The molecule has 2 heterocycles. The number of amides is 1. The first kappa shape index (κ1) is 19.4. The molecule has 5 nitrogen and oxygen atoms in total. The van der Waals surface area contributed by atoms with Crippen LogP contribution < -0.4 is 0 Å². The lowest BCUT2D eigenvalue weighted by molar-refractivity contribution is -0.143. The van der Waals surface area contributed by atoms with Crippen LogP contribution in [-0.4, -0.2) is 51.5 Å². The summed E-state index contributed by atoms with van der Waals surface area (Å²) >= 11 is 0. The van der Waals surface area contributed by atoms with Crippen LogP contribution in [0.5, 0.6) is 0 Å². The third-order valence-corrected chi connectivity index (χ3v) is 6.92. The average molecular weight is 388 g/mol. The van der Waals surface area contributed by atoms with Crippen molar-refractivity contribution in [1.82, 2.24) is 9.80 Å². The fraction of sp³-hybridized carbons (Fsp3) is 0.636. The minimum absolute atomic E-state index is 0.00882. The summed E-state index contributed by atoms with van der Waals surface area (Å²) in [6, 6.07) is 6.81. The summed E-state index contributed by atoms with van der Waals surface area (Å²) in [6.45, 7) is 0.798. The van der Waals surface area contributed by atoms with E-state index in [1.165, 1.54) is 18.6 Å². The van der Waals surface area contributed by atoms with E-state index in [2.05, 4.69) is 4.90 Å². The summed E-state index contributed by atoms with van der Waals surface area (Å²) in [5.41, 5.74) is 0.938. The average Bonchev–Trinajstić information content (AvgIpc) is 3.25. The van der Waals surface area contributed by atoms with Crippen molar-refractivity contribution in [2.45, 2.75) is 76.0 Å². The van der Waals surface area contributed by atoms with Gasteiger partial charge in [-0.3, -0.25) is 14.5 Å². The van der Waals surface area contributed by atoms with Crippen LogP contribution in [0.1, 0.15) is 56.9 Å². The molecule has 2 bridgehead atoms. The van der Waals surface area contributed by atoms with Crippen molar-refractivity contribution in [2.75, 3.05) is 6.54 Å². The Kier molecular flexibility index (Phi) is 5.67. The van der Waals surface area contributed by atoms with E-state index >= 15 is 0 Å². The van der Waals surface area contributed by atoms with E-state index in [9.17, 15) is 19.1 Å². The molecule has 0 aromatic heterocycles. The Balaban J connectivity index is 1.48. The van der Waals surface area contributed by atoms with Crippen LogP contribution in [0.15, 0.2) is 24.3 Å². The number of hydrogen-bond acceptors (Lipinski definition) is 3. The van der Waals surface area contributed by atoms with E-state index in [0.29, 0.717) is 19.5 Å². The predicted octanol–water partition coefficient (Wildman–Crippen LogP) is 3.42. The Hall–Kier alpha value is -1.95. The van der Waals surface area contributed by atoms with Gasteiger partial charge in [0.15, 0.2) is 0 Å². The fourth-order valence-corrected chi connectivity index (χ4v) is 5.46. The van der Waals surface area contributed by atoms with Crippen molar-refractivity contribution in [3.63, 3.8) is 0 Å². The van der Waals surface area contributed by atoms with Gasteiger partial charge in [0.05, 0.1) is 12.5 Å². The number of rotatable bonds is 6. The predicted molar refractivity (Wildman–Crippen MR) is 103 cm³/mol. The van der Waals surface area contributed by atoms with Gasteiger partial charge in [0.2, 0.25) is 5.91 Å². The highest BCUT2D eigenvalue weighted by molar-refractivity contribution is 5.79. The van der Waals surface area contributed by atoms with Crippen LogP contribution in [-0.2, 0) is 16.1 Å². The molecule has 1 amide bonds. The molecule has 1 aromatic rings. The standard InChI is InChI=1S/C22H29FN2O3/c23-16-8-6-15(7-9-16)13-25(17-4-2-1-3-5-17)21(26)14-24-18-10-11-20(24)19(12-18)22(27)28/h6-9,17-20H,1-5,10-14H2,(H,27,28). The minimum Gasteiger partial charge on any atom is -0.481 e. The second-order valence-electron chi connectivity index (χ2n) is 8.59. The van der Waals surface area contributed by atoms with Gasteiger partial charge in [-0.1, -0.05) is 31.4 Å². The second-order valence-corrected chi connectivity index (χ2v) is 8.59. The van der Waals surface area contributed by atoms with Gasteiger partial charge >= 0.3 is 5.97 Å². The number of aliphatic carboxylic acids is 1. The summed E-state index contributed by atoms with van der Waals surface area (Å²) in [5.74, 6) is -1.27. The summed E-state index contributed by atoms with van der Waals surface area (Å²) in [5, 5.41) is 9.46. The van der Waals surface area contributed by atoms with Crippen LogP contribution in [0, 0.1) is 11.7 Å². The monoisotopic (exact) mass is 388 g/mol. The molecule has 0 radical (unpaired) electrons. The largest absolute Gasteiger partial charge is 0.481 e. The van der Waals surface area contributed by atoms with E-state index in [-0.39, 0.29) is 35.8 Å². The second kappa shape index (κ2) is 8.19. The summed E-state index contributed by atoms with van der Waals surface area (Å²) in [6.07, 6.45) is 8.02. The summed E-state index contributed by atoms with van der Waals surface area (Å²) in [4.78, 5) is 29.0. The quantitative estimate of drug-likeness (QED) is 0.811. The van der Waals surface area contributed by atoms with Gasteiger partial charge in [-0.25, -0.2) is 4.39 Å². The lowest BCUT2D eigenvalue weighted by Gasteiger charge is -2.36. The van der Waals surface area contributed by atoms with E-state index < -0.39 is 5.97 Å². The molecule has 152 valence electrons. The number of benzene rings is 1. The number of carbonyl (C=O) groups excluding carboxylic acids is 1. The number of hydrogen-bond donors (Lipinski definition) is 1. The van der Waals surface area contributed by atoms with Crippen LogP contribution in [0.25, 0.3) is 0 Å². The first-order valence-corrected chi connectivity index (χ1v) is 10.6. The normalized spacial score (nSPS) is 27.8. The maximum atomic E-state index is 13.3. The third kappa shape index (κ3) is 3.93. The van der Waals surface area contributed by atoms with Crippen LogP contribution in [0.2, 0.25) is 0 Å². The molecule has 3 fully saturated rings. The van der Waals surface area contributed by atoms with Crippen LogP contribution in [0.3, 0.4) is 0 Å². The molecule has 3 aliphatic rings. The first-order chi connectivity index (χ1) is 13.5. The highest BCUT2D eigenvalue weighted by Gasteiger charge is 2.50. The maximum absolute atomic E-state index is 13.3. The van der Waals surface area contributed by atoms with Gasteiger partial charge in [-0.05, 0) is 49.8 Å². The highest BCUT2D eigenvalue weighted by Crippen LogP contribution is 2.41. The van der Waals surface area contributed by atoms with Crippen LogP contribution >= 0.6 is 0 Å². The molecule has 1 saturated carbocycles. The number of nitrogens with zero attached hydrogens (tertiary/aromatic N) is 2. The lowest BCUT2D eigenvalue weighted by atomic mass is 9.89. The molecule has 3 unspecified atom stereocenters. The topological polar surface area (TPSA) is 60.9 Å². The van der Waals surface area contributed by atoms with E-state index in [4.69, 9.17) is 0 Å². The zero-order chi connectivity index (χ0) is 19.7. The summed E-state index contributed by atoms with van der Waals surface area (Å²) in [7, 11) is 0. The van der Waals surface area contributed by atoms with E-state index in [0.717, 1.165) is 44.1 Å². The molecule has 1 aliphatic carbocycles. The smallest absolute Gasteiger partial charge is 0.308 e. The Morgan fingerprint density at radius 2 is 1.79 bits per heavy atom. The van der Waals surface area contributed by atoms with Gasteiger partial charge in [-0.15, -0.1) is 0 Å². The number of halogens is 1. The van der Waals surface area contributed by atoms with Gasteiger partial charge in [0, 0.05) is 24.7 Å². The Morgan fingerprint density at radius 3 is 2.43 bits per heavy atom. The molecule has 3 atom stereocenters. The first-order valence-electron chi connectivity index (χ1n) is 10.6. The van der Waals surface area contributed by atoms with Crippen molar-refractivity contribution in [3.8, 4) is 0 Å². The van der Waals surface area contributed by atoms with Crippen molar-refractivity contribution in [1.29, 1.82) is 0 Å². The number of fused-ring (bicyclic) bond motifs is 2. The van der Waals surface area contributed by atoms with Crippen molar-refractivity contribution in [2.24, 2.45) is 5.92 Å². The maximum Gasteiger partial charge on any atom is 0.308 e. The van der Waals surface area contributed by atoms with Gasteiger partial charge < -0.3 is 10.0 Å². The molecule has 2 saturated heterocycles.